The Bertz CT molecular complexity index is 302. The predicted molar refractivity (Wildman–Crippen MR) is 54.1 cm³/mol. The predicted octanol–water partition coefficient (Wildman–Crippen LogP) is 4.54. The zero-order chi connectivity index (χ0) is 9.30. The van der Waals surface area contributed by atoms with Gasteiger partial charge in [0.1, 0.15) is 0 Å². The average Bonchev–Trinajstić information content (AvgIpc) is 1.96. The molecule has 1 aromatic rings. The van der Waals surface area contributed by atoms with Crippen molar-refractivity contribution in [3.05, 3.63) is 31.3 Å². The largest absolute Gasteiger partial charge is 0.264 e. The van der Waals surface area contributed by atoms with Gasteiger partial charge in [-0.2, -0.15) is 0 Å². The van der Waals surface area contributed by atoms with Crippen LogP contribution in [0.3, 0.4) is 0 Å². The van der Waals surface area contributed by atoms with Gasteiger partial charge in [-0.3, -0.25) is 0 Å². The van der Waals surface area contributed by atoms with E-state index in [0.717, 1.165) is 0 Å². The Hall–Kier alpha value is 0.390. The van der Waals surface area contributed by atoms with E-state index in [1.165, 1.54) is 12.1 Å². The van der Waals surface area contributed by atoms with E-state index >= 15 is 0 Å². The van der Waals surface area contributed by atoms with Crippen molar-refractivity contribution in [3.63, 3.8) is 0 Å². The second-order valence-electron chi connectivity index (χ2n) is 2.09. The molecule has 0 heterocycles. The fourth-order valence-electron chi connectivity index (χ4n) is 0.735. The van der Waals surface area contributed by atoms with Gasteiger partial charge in [0.2, 0.25) is 0 Å². The Labute approximate surface area is 92.0 Å². The van der Waals surface area contributed by atoms with E-state index in [-0.39, 0.29) is 15.6 Å². The summed E-state index contributed by atoms with van der Waals surface area (Å²) in [5.74, 6) is 0. The van der Waals surface area contributed by atoms with Gasteiger partial charge in [0, 0.05) is 14.2 Å². The minimum Gasteiger partial charge on any atom is -0.205 e. The molecule has 0 unspecified atom stereocenters. The lowest BCUT2D eigenvalue weighted by Crippen LogP contribution is -1.89. The first-order valence-electron chi connectivity index (χ1n) is 2.95. The highest BCUT2D eigenvalue weighted by molar-refractivity contribution is 14.1. The van der Waals surface area contributed by atoms with Crippen LogP contribution in [0, 0.1) is 3.57 Å². The van der Waals surface area contributed by atoms with Crippen LogP contribution in [-0.2, 0) is 0 Å². The van der Waals surface area contributed by atoms with Crippen LogP contribution in [0.15, 0.2) is 12.1 Å². The van der Waals surface area contributed by atoms with E-state index in [9.17, 15) is 8.78 Å². The van der Waals surface area contributed by atoms with E-state index in [0.29, 0.717) is 3.57 Å². The molecule has 0 aliphatic carbocycles. The number of hydrogen-bond donors (Lipinski definition) is 0. The molecule has 0 radical (unpaired) electrons. The van der Waals surface area contributed by atoms with E-state index in [2.05, 4.69) is 0 Å². The molecule has 0 bridgehead atoms. The van der Waals surface area contributed by atoms with Gasteiger partial charge in [-0.15, -0.1) is 0 Å². The topological polar surface area (TPSA) is 0 Å². The van der Waals surface area contributed by atoms with Gasteiger partial charge in [0.05, 0.1) is 5.02 Å². The summed E-state index contributed by atoms with van der Waals surface area (Å²) in [6.07, 6.45) is -2.53. The van der Waals surface area contributed by atoms with E-state index in [4.69, 9.17) is 23.2 Å². The molecule has 12 heavy (non-hydrogen) atoms. The lowest BCUT2D eigenvalue weighted by atomic mass is 10.2. The summed E-state index contributed by atoms with van der Waals surface area (Å²) in [5.41, 5.74) is -0.117. The average molecular weight is 323 g/mol. The van der Waals surface area contributed by atoms with E-state index in [1.807, 2.05) is 0 Å². The fourth-order valence-corrected chi connectivity index (χ4v) is 1.79. The first-order chi connectivity index (χ1) is 5.52. The lowest BCUT2D eigenvalue weighted by Gasteiger charge is -2.05. The van der Waals surface area contributed by atoms with Gasteiger partial charge in [-0.25, -0.2) is 8.78 Å². The molecule has 0 spiro atoms. The molecular weight excluding hydrogens is 320 g/mol. The van der Waals surface area contributed by atoms with Crippen LogP contribution >= 0.6 is 45.8 Å². The van der Waals surface area contributed by atoms with Crippen molar-refractivity contribution in [1.82, 2.24) is 0 Å². The van der Waals surface area contributed by atoms with Crippen LogP contribution in [0.2, 0.25) is 10.0 Å². The Kier molecular flexibility index (Phi) is 3.55. The van der Waals surface area contributed by atoms with Gasteiger partial charge in [0.25, 0.3) is 6.43 Å². The highest BCUT2D eigenvalue weighted by Crippen LogP contribution is 2.32. The second-order valence-corrected chi connectivity index (χ2v) is 4.01. The molecule has 0 nitrogen and oxygen atoms in total. The fraction of sp³-hybridized carbons (Fsp3) is 0.143. The number of hydrogen-bond acceptors (Lipinski definition) is 0. The summed E-state index contributed by atoms with van der Waals surface area (Å²) in [4.78, 5) is 0. The summed E-state index contributed by atoms with van der Waals surface area (Å²) >= 11 is 12.9. The van der Waals surface area contributed by atoms with Gasteiger partial charge >= 0.3 is 0 Å². The number of halogens is 5. The molecule has 5 heteroatoms. The molecule has 0 saturated carbocycles. The molecule has 0 N–H and O–H groups in total. The van der Waals surface area contributed by atoms with Gasteiger partial charge in [-0.05, 0) is 34.7 Å². The molecule has 0 aromatic heterocycles. The standard InChI is InChI=1S/C7H3Cl2F2I/c8-3-1-4(7(10)11)6(12)5(9)2-3/h1-2,7H. The van der Waals surface area contributed by atoms with Crippen LogP contribution in [0.1, 0.15) is 12.0 Å². The molecule has 66 valence electrons. The third-order valence-corrected chi connectivity index (χ3v) is 3.30. The SMILES string of the molecule is FC(F)c1cc(Cl)cc(Cl)c1I. The molecule has 0 amide bonds. The molecule has 0 fully saturated rings. The number of rotatable bonds is 1. The zero-order valence-electron chi connectivity index (χ0n) is 5.62. The summed E-state index contributed by atoms with van der Waals surface area (Å²) in [6.45, 7) is 0. The Morgan fingerprint density at radius 3 is 2.33 bits per heavy atom. The smallest absolute Gasteiger partial charge is 0.205 e. The van der Waals surface area contributed by atoms with Crippen LogP contribution in [0.25, 0.3) is 0 Å². The van der Waals surface area contributed by atoms with Crippen LogP contribution in [0.4, 0.5) is 8.78 Å². The van der Waals surface area contributed by atoms with E-state index < -0.39 is 6.43 Å². The first-order valence-corrected chi connectivity index (χ1v) is 4.78. The molecule has 0 atom stereocenters. The highest BCUT2D eigenvalue weighted by Gasteiger charge is 2.14. The second kappa shape index (κ2) is 4.07. The van der Waals surface area contributed by atoms with Crippen molar-refractivity contribution < 1.29 is 8.78 Å². The summed E-state index contributed by atoms with van der Waals surface area (Å²) in [5, 5.41) is 0.495. The molecule has 0 aliphatic rings. The molecule has 1 rings (SSSR count). The van der Waals surface area contributed by atoms with Crippen molar-refractivity contribution in [3.8, 4) is 0 Å². The minimum atomic E-state index is -2.53. The van der Waals surface area contributed by atoms with Crippen LogP contribution < -0.4 is 0 Å². The molecule has 1 aromatic carbocycles. The zero-order valence-corrected chi connectivity index (χ0v) is 9.29. The van der Waals surface area contributed by atoms with Crippen molar-refractivity contribution in [2.75, 3.05) is 0 Å². The summed E-state index contributed by atoms with van der Waals surface area (Å²) in [6, 6.07) is 2.66. The van der Waals surface area contributed by atoms with Crippen molar-refractivity contribution in [2.45, 2.75) is 6.43 Å². The maximum Gasteiger partial charge on any atom is 0.264 e. The minimum absolute atomic E-state index is 0.117. The maximum atomic E-state index is 12.3. The molecule has 0 saturated heterocycles. The van der Waals surface area contributed by atoms with Gasteiger partial charge in [0.15, 0.2) is 0 Å². The number of alkyl halides is 2. The highest BCUT2D eigenvalue weighted by atomic mass is 127. The van der Waals surface area contributed by atoms with Gasteiger partial charge < -0.3 is 0 Å². The first kappa shape index (κ1) is 10.5. The number of benzene rings is 1. The monoisotopic (exact) mass is 322 g/mol. The lowest BCUT2D eigenvalue weighted by molar-refractivity contribution is 0.150. The van der Waals surface area contributed by atoms with Crippen molar-refractivity contribution in [1.29, 1.82) is 0 Å². The normalized spacial score (nSPS) is 10.8. The van der Waals surface area contributed by atoms with E-state index in [1.54, 1.807) is 22.6 Å². The Balaban J connectivity index is 3.28. The molecular formula is C7H3Cl2F2I. The van der Waals surface area contributed by atoms with Crippen LogP contribution in [0.5, 0.6) is 0 Å². The molecule has 0 aliphatic heterocycles. The summed E-state index contributed by atoms with van der Waals surface area (Å²) in [7, 11) is 0. The third kappa shape index (κ3) is 2.20. The third-order valence-electron chi connectivity index (χ3n) is 1.26. The van der Waals surface area contributed by atoms with Crippen LogP contribution in [-0.4, -0.2) is 0 Å². The maximum absolute atomic E-state index is 12.3. The van der Waals surface area contributed by atoms with Gasteiger partial charge in [-0.1, -0.05) is 23.2 Å². The van der Waals surface area contributed by atoms with Crippen molar-refractivity contribution in [2.24, 2.45) is 0 Å². The Morgan fingerprint density at radius 1 is 1.25 bits per heavy atom. The Morgan fingerprint density at radius 2 is 1.83 bits per heavy atom. The summed E-state index contributed by atoms with van der Waals surface area (Å²) < 4.78 is 24.9. The quantitative estimate of drug-likeness (QED) is 0.526. The van der Waals surface area contributed by atoms with Crippen molar-refractivity contribution >= 4 is 45.8 Å².